The van der Waals surface area contributed by atoms with Crippen molar-refractivity contribution in [1.29, 1.82) is 0 Å². The Morgan fingerprint density at radius 2 is 2.28 bits per heavy atom. The van der Waals surface area contributed by atoms with Crippen LogP contribution in [0.3, 0.4) is 0 Å². The van der Waals surface area contributed by atoms with Crippen molar-refractivity contribution in [3.63, 3.8) is 0 Å². The Balaban J connectivity index is 1.94. The van der Waals surface area contributed by atoms with Gasteiger partial charge in [-0.05, 0) is 42.9 Å². The molecule has 0 spiro atoms. The molecule has 2 heterocycles. The fourth-order valence-corrected chi connectivity index (χ4v) is 3.62. The number of fused-ring (bicyclic) bond motifs is 1. The first-order valence-electron chi connectivity index (χ1n) is 6.22. The summed E-state index contributed by atoms with van der Waals surface area (Å²) >= 11 is 8.20. The molecule has 0 bridgehead atoms. The largest absolute Gasteiger partial charge is 0.381 e. The molecule has 4 heteroatoms. The zero-order valence-electron chi connectivity index (χ0n) is 10.0. The molecule has 2 aromatic rings. The zero-order valence-corrected chi connectivity index (χ0v) is 11.6. The summed E-state index contributed by atoms with van der Waals surface area (Å²) in [6, 6.07) is 8.58. The highest BCUT2D eigenvalue weighted by molar-refractivity contribution is 7.99. The molecule has 3 rings (SSSR count). The number of nitrogens with one attached hydrogen (secondary N) is 1. The molecule has 1 N–H and O–H groups in total. The number of hydrogen-bond acceptors (Lipinski definition) is 3. The van der Waals surface area contributed by atoms with E-state index in [0.29, 0.717) is 11.1 Å². The molecule has 0 saturated carbocycles. The van der Waals surface area contributed by atoms with Crippen LogP contribution < -0.4 is 5.32 Å². The van der Waals surface area contributed by atoms with E-state index in [1.165, 1.54) is 24.3 Å². The van der Waals surface area contributed by atoms with Crippen LogP contribution in [0.5, 0.6) is 0 Å². The van der Waals surface area contributed by atoms with Crippen molar-refractivity contribution in [2.75, 3.05) is 16.8 Å². The molecular formula is C14H15ClN2S. The van der Waals surface area contributed by atoms with Crippen molar-refractivity contribution in [3.8, 4) is 0 Å². The maximum atomic E-state index is 6.18. The summed E-state index contributed by atoms with van der Waals surface area (Å²) in [5.74, 6) is 2.48. The highest BCUT2D eigenvalue weighted by atomic mass is 35.5. The second-order valence-electron chi connectivity index (χ2n) is 4.55. The SMILES string of the molecule is Clc1ccc(NC2CCCSC2)c2cccnc12. The molecule has 0 aliphatic carbocycles. The standard InChI is InChI=1S/C14H15ClN2S/c15-12-5-6-13(11-4-1-7-16-14(11)12)17-10-3-2-8-18-9-10/h1,4-7,10,17H,2-3,8-9H2. The Kier molecular flexibility index (Phi) is 3.62. The van der Waals surface area contributed by atoms with Crippen LogP contribution in [-0.2, 0) is 0 Å². The fraction of sp³-hybridized carbons (Fsp3) is 0.357. The van der Waals surface area contributed by atoms with E-state index < -0.39 is 0 Å². The number of rotatable bonds is 2. The second kappa shape index (κ2) is 5.37. The van der Waals surface area contributed by atoms with E-state index >= 15 is 0 Å². The molecular weight excluding hydrogens is 264 g/mol. The molecule has 0 amide bonds. The first-order valence-corrected chi connectivity index (χ1v) is 7.75. The van der Waals surface area contributed by atoms with Crippen LogP contribution in [0.25, 0.3) is 10.9 Å². The smallest absolute Gasteiger partial charge is 0.0908 e. The second-order valence-corrected chi connectivity index (χ2v) is 6.11. The molecule has 1 unspecified atom stereocenters. The predicted molar refractivity (Wildman–Crippen MR) is 80.7 cm³/mol. The van der Waals surface area contributed by atoms with Crippen LogP contribution in [0, 0.1) is 0 Å². The molecule has 1 fully saturated rings. The highest BCUT2D eigenvalue weighted by Crippen LogP contribution is 2.30. The van der Waals surface area contributed by atoms with E-state index in [-0.39, 0.29) is 0 Å². The van der Waals surface area contributed by atoms with Gasteiger partial charge in [-0.1, -0.05) is 11.6 Å². The Bertz CT molecular complexity index is 552. The topological polar surface area (TPSA) is 24.9 Å². The fourth-order valence-electron chi connectivity index (χ4n) is 2.34. The average molecular weight is 279 g/mol. The lowest BCUT2D eigenvalue weighted by molar-refractivity contribution is 0.686. The van der Waals surface area contributed by atoms with Crippen LogP contribution in [0.2, 0.25) is 5.02 Å². The normalized spacial score (nSPS) is 19.9. The van der Waals surface area contributed by atoms with Gasteiger partial charge in [0.05, 0.1) is 10.5 Å². The van der Waals surface area contributed by atoms with Crippen LogP contribution >= 0.6 is 23.4 Å². The summed E-state index contributed by atoms with van der Waals surface area (Å²) in [4.78, 5) is 4.36. The van der Waals surface area contributed by atoms with Gasteiger partial charge in [0.1, 0.15) is 0 Å². The predicted octanol–water partition coefficient (Wildman–Crippen LogP) is 4.20. The number of thioether (sulfide) groups is 1. The summed E-state index contributed by atoms with van der Waals surface area (Å²) < 4.78 is 0. The average Bonchev–Trinajstić information content (AvgIpc) is 2.44. The van der Waals surface area contributed by atoms with Crippen LogP contribution in [-0.4, -0.2) is 22.5 Å². The van der Waals surface area contributed by atoms with Gasteiger partial charge in [0.2, 0.25) is 0 Å². The van der Waals surface area contributed by atoms with Crippen molar-refractivity contribution in [3.05, 3.63) is 35.5 Å². The van der Waals surface area contributed by atoms with Gasteiger partial charge >= 0.3 is 0 Å². The van der Waals surface area contributed by atoms with Gasteiger partial charge in [0, 0.05) is 29.1 Å². The van der Waals surface area contributed by atoms with Crippen molar-refractivity contribution >= 4 is 40.0 Å². The monoisotopic (exact) mass is 278 g/mol. The van der Waals surface area contributed by atoms with Crippen LogP contribution in [0.15, 0.2) is 30.5 Å². The van der Waals surface area contributed by atoms with E-state index in [2.05, 4.69) is 22.4 Å². The zero-order chi connectivity index (χ0) is 12.4. The quantitative estimate of drug-likeness (QED) is 0.891. The van der Waals surface area contributed by atoms with Gasteiger partial charge in [-0.3, -0.25) is 4.98 Å². The maximum Gasteiger partial charge on any atom is 0.0908 e. The number of nitrogens with zero attached hydrogens (tertiary/aromatic N) is 1. The van der Waals surface area contributed by atoms with Gasteiger partial charge < -0.3 is 5.32 Å². The Labute approximate surface area is 116 Å². The first-order chi connectivity index (χ1) is 8.84. The van der Waals surface area contributed by atoms with E-state index in [9.17, 15) is 0 Å². The Morgan fingerprint density at radius 1 is 1.33 bits per heavy atom. The highest BCUT2D eigenvalue weighted by Gasteiger charge is 2.15. The molecule has 1 aliphatic heterocycles. The lowest BCUT2D eigenvalue weighted by Crippen LogP contribution is -2.25. The van der Waals surface area contributed by atoms with Gasteiger partial charge in [-0.25, -0.2) is 0 Å². The Morgan fingerprint density at radius 3 is 3.11 bits per heavy atom. The van der Waals surface area contributed by atoms with Crippen molar-refractivity contribution in [1.82, 2.24) is 4.98 Å². The number of halogens is 1. The van der Waals surface area contributed by atoms with E-state index in [1.807, 2.05) is 23.9 Å². The lowest BCUT2D eigenvalue weighted by atomic mass is 10.1. The summed E-state index contributed by atoms with van der Waals surface area (Å²) in [5, 5.41) is 5.46. The minimum absolute atomic E-state index is 0.563. The Hall–Kier alpha value is -0.930. The van der Waals surface area contributed by atoms with Crippen LogP contribution in [0.1, 0.15) is 12.8 Å². The third-order valence-corrected chi connectivity index (χ3v) is 4.76. The molecule has 1 aliphatic rings. The lowest BCUT2D eigenvalue weighted by Gasteiger charge is -2.24. The summed E-state index contributed by atoms with van der Waals surface area (Å²) in [6.07, 6.45) is 4.33. The molecule has 1 atom stereocenters. The minimum atomic E-state index is 0.563. The van der Waals surface area contributed by atoms with E-state index in [1.54, 1.807) is 6.20 Å². The van der Waals surface area contributed by atoms with Gasteiger partial charge in [0.25, 0.3) is 0 Å². The van der Waals surface area contributed by atoms with Gasteiger partial charge in [0.15, 0.2) is 0 Å². The van der Waals surface area contributed by atoms with E-state index in [4.69, 9.17) is 11.6 Å². The number of benzene rings is 1. The summed E-state index contributed by atoms with van der Waals surface area (Å²) in [5.41, 5.74) is 2.03. The third-order valence-electron chi connectivity index (χ3n) is 3.24. The van der Waals surface area contributed by atoms with Crippen molar-refractivity contribution in [2.24, 2.45) is 0 Å². The van der Waals surface area contributed by atoms with Gasteiger partial charge in [-0.15, -0.1) is 0 Å². The summed E-state index contributed by atoms with van der Waals surface area (Å²) in [7, 11) is 0. The van der Waals surface area contributed by atoms with Gasteiger partial charge in [-0.2, -0.15) is 11.8 Å². The van der Waals surface area contributed by atoms with Crippen molar-refractivity contribution < 1.29 is 0 Å². The maximum absolute atomic E-state index is 6.18. The number of hydrogen-bond donors (Lipinski definition) is 1. The van der Waals surface area contributed by atoms with Crippen molar-refractivity contribution in [2.45, 2.75) is 18.9 Å². The molecule has 1 aromatic heterocycles. The molecule has 1 aromatic carbocycles. The first kappa shape index (κ1) is 12.1. The number of aromatic nitrogens is 1. The molecule has 2 nitrogen and oxygen atoms in total. The minimum Gasteiger partial charge on any atom is -0.381 e. The van der Waals surface area contributed by atoms with Crippen LogP contribution in [0.4, 0.5) is 5.69 Å². The summed E-state index contributed by atoms with van der Waals surface area (Å²) in [6.45, 7) is 0. The number of pyridine rings is 1. The molecule has 94 valence electrons. The number of anilines is 1. The molecule has 1 saturated heterocycles. The third kappa shape index (κ3) is 2.43. The van der Waals surface area contributed by atoms with E-state index in [0.717, 1.165) is 16.6 Å². The molecule has 18 heavy (non-hydrogen) atoms. The molecule has 0 radical (unpaired) electrons.